The summed E-state index contributed by atoms with van der Waals surface area (Å²) in [5, 5.41) is 6.20. The highest BCUT2D eigenvalue weighted by molar-refractivity contribution is 9.10. The van der Waals surface area contributed by atoms with E-state index in [-0.39, 0.29) is 11.7 Å². The standard InChI is InChI=1S/C15H13BrN2O2S/c1-8(2)11-7-21-15(17-11)18-14(19)13-6-9-5-10(16)3-4-12(9)20-13/h3-8H,1-2H3,(H,17,18,19). The summed E-state index contributed by atoms with van der Waals surface area (Å²) in [7, 11) is 0. The Morgan fingerprint density at radius 2 is 2.19 bits per heavy atom. The highest BCUT2D eigenvalue weighted by atomic mass is 79.9. The van der Waals surface area contributed by atoms with Gasteiger partial charge < -0.3 is 4.42 Å². The van der Waals surface area contributed by atoms with Gasteiger partial charge in [0.1, 0.15) is 5.58 Å². The van der Waals surface area contributed by atoms with Crippen LogP contribution in [0.3, 0.4) is 0 Å². The molecule has 4 nitrogen and oxygen atoms in total. The van der Waals surface area contributed by atoms with Crippen molar-refractivity contribution in [1.29, 1.82) is 0 Å². The first kappa shape index (κ1) is 14.3. The molecule has 0 aliphatic rings. The number of nitrogens with one attached hydrogen (secondary N) is 1. The van der Waals surface area contributed by atoms with Crippen LogP contribution in [0, 0.1) is 0 Å². The fraction of sp³-hybridized carbons (Fsp3) is 0.200. The zero-order valence-electron chi connectivity index (χ0n) is 11.5. The molecule has 1 N–H and O–H groups in total. The van der Waals surface area contributed by atoms with Gasteiger partial charge in [-0.15, -0.1) is 11.3 Å². The van der Waals surface area contributed by atoms with Crippen LogP contribution in [-0.4, -0.2) is 10.9 Å². The summed E-state index contributed by atoms with van der Waals surface area (Å²) < 4.78 is 6.50. The first-order valence-corrected chi connectivity index (χ1v) is 8.16. The molecular weight excluding hydrogens is 352 g/mol. The Kier molecular flexibility index (Phi) is 3.82. The first-order chi connectivity index (χ1) is 10.0. The average Bonchev–Trinajstić information content (AvgIpc) is 3.04. The number of halogens is 1. The third kappa shape index (κ3) is 3.01. The van der Waals surface area contributed by atoms with Crippen molar-refractivity contribution in [2.24, 2.45) is 0 Å². The van der Waals surface area contributed by atoms with Crippen LogP contribution in [0.2, 0.25) is 0 Å². The van der Waals surface area contributed by atoms with Crippen LogP contribution in [-0.2, 0) is 0 Å². The van der Waals surface area contributed by atoms with Crippen molar-refractivity contribution in [1.82, 2.24) is 4.98 Å². The lowest BCUT2D eigenvalue weighted by atomic mass is 10.2. The second-order valence-corrected chi connectivity index (χ2v) is 6.75. The molecule has 0 atom stereocenters. The number of rotatable bonds is 3. The van der Waals surface area contributed by atoms with E-state index in [1.165, 1.54) is 11.3 Å². The highest BCUT2D eigenvalue weighted by Gasteiger charge is 2.15. The number of furan rings is 1. The molecule has 0 spiro atoms. The zero-order chi connectivity index (χ0) is 15.0. The van der Waals surface area contributed by atoms with Gasteiger partial charge in [0.2, 0.25) is 0 Å². The van der Waals surface area contributed by atoms with Crippen molar-refractivity contribution in [3.63, 3.8) is 0 Å². The van der Waals surface area contributed by atoms with E-state index >= 15 is 0 Å². The number of aromatic nitrogens is 1. The van der Waals surface area contributed by atoms with Gasteiger partial charge in [-0.05, 0) is 30.2 Å². The minimum Gasteiger partial charge on any atom is -0.451 e. The summed E-state index contributed by atoms with van der Waals surface area (Å²) in [4.78, 5) is 16.6. The van der Waals surface area contributed by atoms with Crippen LogP contribution in [0.1, 0.15) is 36.0 Å². The topological polar surface area (TPSA) is 55.1 Å². The van der Waals surface area contributed by atoms with E-state index in [2.05, 4.69) is 40.1 Å². The molecule has 108 valence electrons. The molecule has 1 aromatic carbocycles. The van der Waals surface area contributed by atoms with Gasteiger partial charge in [-0.25, -0.2) is 4.98 Å². The SMILES string of the molecule is CC(C)c1csc(NC(=O)c2cc3cc(Br)ccc3o2)n1. The predicted molar refractivity (Wildman–Crippen MR) is 88.1 cm³/mol. The summed E-state index contributed by atoms with van der Waals surface area (Å²) in [6.07, 6.45) is 0. The van der Waals surface area contributed by atoms with Crippen molar-refractivity contribution in [3.05, 3.63) is 45.6 Å². The van der Waals surface area contributed by atoms with E-state index in [0.717, 1.165) is 15.6 Å². The molecule has 0 radical (unpaired) electrons. The monoisotopic (exact) mass is 364 g/mol. The molecule has 3 rings (SSSR count). The lowest BCUT2D eigenvalue weighted by Crippen LogP contribution is -2.10. The van der Waals surface area contributed by atoms with Gasteiger partial charge in [-0.1, -0.05) is 29.8 Å². The Balaban J connectivity index is 1.82. The summed E-state index contributed by atoms with van der Waals surface area (Å²) in [5.74, 6) is 0.340. The van der Waals surface area contributed by atoms with Gasteiger partial charge >= 0.3 is 0 Å². The van der Waals surface area contributed by atoms with Crippen molar-refractivity contribution in [2.45, 2.75) is 19.8 Å². The molecule has 0 saturated heterocycles. The van der Waals surface area contributed by atoms with E-state index in [1.54, 1.807) is 6.07 Å². The fourth-order valence-corrected chi connectivity index (χ4v) is 3.14. The van der Waals surface area contributed by atoms with Crippen molar-refractivity contribution >= 4 is 49.3 Å². The van der Waals surface area contributed by atoms with Crippen LogP contribution in [0.25, 0.3) is 11.0 Å². The smallest absolute Gasteiger partial charge is 0.293 e. The number of benzene rings is 1. The lowest BCUT2D eigenvalue weighted by Gasteiger charge is -1.99. The molecule has 1 amide bonds. The molecule has 6 heteroatoms. The maximum atomic E-state index is 12.2. The Hall–Kier alpha value is -1.66. The molecule has 0 unspecified atom stereocenters. The lowest BCUT2D eigenvalue weighted by molar-refractivity contribution is 0.0998. The molecule has 0 aliphatic carbocycles. The summed E-state index contributed by atoms with van der Waals surface area (Å²) in [5.41, 5.74) is 1.66. The van der Waals surface area contributed by atoms with Crippen molar-refractivity contribution < 1.29 is 9.21 Å². The largest absolute Gasteiger partial charge is 0.451 e. The van der Waals surface area contributed by atoms with Crippen LogP contribution in [0.15, 0.2) is 38.5 Å². The second kappa shape index (κ2) is 5.61. The number of hydrogen-bond acceptors (Lipinski definition) is 4. The second-order valence-electron chi connectivity index (χ2n) is 4.98. The van der Waals surface area contributed by atoms with Crippen molar-refractivity contribution in [3.8, 4) is 0 Å². The molecule has 0 bridgehead atoms. The quantitative estimate of drug-likeness (QED) is 0.709. The maximum Gasteiger partial charge on any atom is 0.293 e. The minimum absolute atomic E-state index is 0.282. The fourth-order valence-electron chi connectivity index (χ4n) is 1.89. The van der Waals surface area contributed by atoms with Gasteiger partial charge in [-0.3, -0.25) is 10.1 Å². The minimum atomic E-state index is -0.285. The van der Waals surface area contributed by atoms with E-state index < -0.39 is 0 Å². The molecule has 2 heterocycles. The molecule has 21 heavy (non-hydrogen) atoms. The number of thiazole rings is 1. The van der Waals surface area contributed by atoms with E-state index in [1.807, 2.05) is 23.6 Å². The van der Waals surface area contributed by atoms with Crippen LogP contribution in [0.5, 0.6) is 0 Å². The van der Waals surface area contributed by atoms with Crippen LogP contribution < -0.4 is 5.32 Å². The van der Waals surface area contributed by atoms with Crippen molar-refractivity contribution in [2.75, 3.05) is 5.32 Å². The van der Waals surface area contributed by atoms with Gasteiger partial charge in [0.25, 0.3) is 5.91 Å². The summed E-state index contributed by atoms with van der Waals surface area (Å²) in [6.45, 7) is 4.13. The molecule has 0 aliphatic heterocycles. The van der Waals surface area contributed by atoms with Gasteiger partial charge in [0.15, 0.2) is 10.9 Å². The van der Waals surface area contributed by atoms with E-state index in [4.69, 9.17) is 4.42 Å². The van der Waals surface area contributed by atoms with E-state index in [0.29, 0.717) is 16.6 Å². The third-order valence-electron chi connectivity index (χ3n) is 3.04. The molecule has 2 aromatic heterocycles. The zero-order valence-corrected chi connectivity index (χ0v) is 13.9. The summed E-state index contributed by atoms with van der Waals surface area (Å²) >= 11 is 4.82. The number of amides is 1. The third-order valence-corrected chi connectivity index (χ3v) is 4.31. The number of anilines is 1. The van der Waals surface area contributed by atoms with E-state index in [9.17, 15) is 4.79 Å². The predicted octanol–water partition coefficient (Wildman–Crippen LogP) is 5.03. The first-order valence-electron chi connectivity index (χ1n) is 6.49. The van der Waals surface area contributed by atoms with Gasteiger partial charge in [-0.2, -0.15) is 0 Å². The number of nitrogens with zero attached hydrogens (tertiary/aromatic N) is 1. The van der Waals surface area contributed by atoms with Gasteiger partial charge in [0, 0.05) is 15.2 Å². The normalized spacial score (nSPS) is 11.2. The Bertz CT molecular complexity index is 807. The van der Waals surface area contributed by atoms with Gasteiger partial charge in [0.05, 0.1) is 5.69 Å². The summed E-state index contributed by atoms with van der Waals surface area (Å²) in [6, 6.07) is 7.35. The average molecular weight is 365 g/mol. The Labute approximate surface area is 134 Å². The number of carbonyl (C=O) groups excluding carboxylic acids is 1. The highest BCUT2D eigenvalue weighted by Crippen LogP contribution is 2.25. The molecule has 0 saturated carbocycles. The number of hydrogen-bond donors (Lipinski definition) is 1. The molecular formula is C15H13BrN2O2S. The Morgan fingerprint density at radius 3 is 2.90 bits per heavy atom. The number of carbonyl (C=O) groups is 1. The van der Waals surface area contributed by atoms with Crippen LogP contribution >= 0.6 is 27.3 Å². The molecule has 3 aromatic rings. The van der Waals surface area contributed by atoms with Crippen LogP contribution in [0.4, 0.5) is 5.13 Å². The number of fused-ring (bicyclic) bond motifs is 1. The maximum absolute atomic E-state index is 12.2. The Morgan fingerprint density at radius 1 is 1.38 bits per heavy atom. The molecule has 0 fully saturated rings.